The van der Waals surface area contributed by atoms with Gasteiger partial charge in [-0.2, -0.15) is 9.29 Å². The van der Waals surface area contributed by atoms with Gasteiger partial charge in [0.2, 0.25) is 17.6 Å². The van der Waals surface area contributed by atoms with E-state index in [0.29, 0.717) is 49.6 Å². The van der Waals surface area contributed by atoms with Crippen molar-refractivity contribution in [3.8, 4) is 11.4 Å². The molecule has 1 aliphatic rings. The number of aryl methyl sites for hydroxylation is 2. The summed E-state index contributed by atoms with van der Waals surface area (Å²) < 4.78 is 33.2. The highest BCUT2D eigenvalue weighted by Gasteiger charge is 2.34. The fourth-order valence-corrected chi connectivity index (χ4v) is 6.58. The molecule has 0 bridgehead atoms. The molecule has 1 aromatic carbocycles. The van der Waals surface area contributed by atoms with Gasteiger partial charge in [-0.1, -0.05) is 41.9 Å². The Morgan fingerprint density at radius 1 is 1.34 bits per heavy atom. The molecule has 8 nitrogen and oxygen atoms in total. The quantitative estimate of drug-likeness (QED) is 0.563. The molecule has 0 spiro atoms. The monoisotopic (exact) mass is 474 g/mol. The molecule has 2 aromatic heterocycles. The molecule has 0 saturated carbocycles. The van der Waals surface area contributed by atoms with Gasteiger partial charge in [-0.3, -0.25) is 4.79 Å². The van der Waals surface area contributed by atoms with Crippen LogP contribution in [-0.2, 0) is 27.8 Å². The van der Waals surface area contributed by atoms with Crippen LogP contribution in [0.15, 0.2) is 44.4 Å². The van der Waals surface area contributed by atoms with Crippen molar-refractivity contribution >= 4 is 27.3 Å². The van der Waals surface area contributed by atoms with Crippen molar-refractivity contribution in [1.82, 2.24) is 19.8 Å². The Kier molecular flexibility index (Phi) is 6.73. The number of carbonyl (C=O) groups excluding carboxylic acids is 1. The standard InChI is InChI=1S/C22H26N4O4S2/c1-3-19-24-21(25-30-19)18-11-20(31-14-18)32(28,29)26-9-5-8-17(13-26)22(27)23-12-16-7-4-6-15(2)10-16/h4,6-7,10-11,14,17H,3,5,8-9,12-13H2,1-2H3,(H,23,27). The van der Waals surface area contributed by atoms with Gasteiger partial charge in [-0.15, -0.1) is 11.3 Å². The summed E-state index contributed by atoms with van der Waals surface area (Å²) in [4.78, 5) is 17.0. The zero-order valence-corrected chi connectivity index (χ0v) is 19.7. The van der Waals surface area contributed by atoms with E-state index in [4.69, 9.17) is 4.52 Å². The Morgan fingerprint density at radius 3 is 2.94 bits per heavy atom. The van der Waals surface area contributed by atoms with E-state index in [1.807, 2.05) is 38.1 Å². The van der Waals surface area contributed by atoms with Gasteiger partial charge in [0.15, 0.2) is 0 Å². The highest BCUT2D eigenvalue weighted by atomic mass is 32.2. The van der Waals surface area contributed by atoms with Crippen LogP contribution < -0.4 is 5.32 Å². The predicted octanol–water partition coefficient (Wildman–Crippen LogP) is 3.39. The van der Waals surface area contributed by atoms with E-state index < -0.39 is 10.0 Å². The van der Waals surface area contributed by atoms with Crippen LogP contribution >= 0.6 is 11.3 Å². The third-order valence-electron chi connectivity index (χ3n) is 5.50. The van der Waals surface area contributed by atoms with Crippen molar-refractivity contribution < 1.29 is 17.7 Å². The van der Waals surface area contributed by atoms with E-state index in [9.17, 15) is 13.2 Å². The number of rotatable bonds is 7. The first-order valence-corrected chi connectivity index (χ1v) is 12.9. The molecule has 1 fully saturated rings. The Hall–Kier alpha value is -2.56. The molecule has 1 unspecified atom stereocenters. The van der Waals surface area contributed by atoms with Crippen molar-refractivity contribution in [3.05, 3.63) is 52.7 Å². The lowest BCUT2D eigenvalue weighted by Crippen LogP contribution is -2.45. The third kappa shape index (κ3) is 4.92. The lowest BCUT2D eigenvalue weighted by atomic mass is 9.98. The summed E-state index contributed by atoms with van der Waals surface area (Å²) in [6.45, 7) is 4.93. The number of thiophene rings is 1. The molecule has 3 aromatic rings. The first-order valence-electron chi connectivity index (χ1n) is 10.6. The van der Waals surface area contributed by atoms with E-state index in [2.05, 4.69) is 15.5 Å². The Labute approximate surface area is 191 Å². The molecule has 32 heavy (non-hydrogen) atoms. The van der Waals surface area contributed by atoms with Crippen LogP contribution in [0.1, 0.15) is 36.8 Å². The molecule has 1 amide bonds. The van der Waals surface area contributed by atoms with Gasteiger partial charge in [0.25, 0.3) is 10.0 Å². The number of hydrogen-bond acceptors (Lipinski definition) is 7. The minimum absolute atomic E-state index is 0.114. The van der Waals surface area contributed by atoms with Crippen molar-refractivity contribution in [2.75, 3.05) is 13.1 Å². The van der Waals surface area contributed by atoms with E-state index in [1.165, 1.54) is 4.31 Å². The molecule has 1 atom stereocenters. The normalized spacial score (nSPS) is 17.4. The highest BCUT2D eigenvalue weighted by Crippen LogP contribution is 2.31. The van der Waals surface area contributed by atoms with Gasteiger partial charge in [0.1, 0.15) is 4.21 Å². The maximum atomic E-state index is 13.2. The number of amides is 1. The molecule has 0 radical (unpaired) electrons. The average molecular weight is 475 g/mol. The Morgan fingerprint density at radius 2 is 2.19 bits per heavy atom. The van der Waals surface area contributed by atoms with Gasteiger partial charge < -0.3 is 9.84 Å². The van der Waals surface area contributed by atoms with Crippen LogP contribution in [0.5, 0.6) is 0 Å². The molecule has 4 rings (SSSR count). The van der Waals surface area contributed by atoms with Gasteiger partial charge >= 0.3 is 0 Å². The summed E-state index contributed by atoms with van der Waals surface area (Å²) in [6, 6.07) is 9.53. The maximum Gasteiger partial charge on any atom is 0.252 e. The van der Waals surface area contributed by atoms with E-state index in [0.717, 1.165) is 22.5 Å². The molecule has 3 heterocycles. The number of nitrogens with one attached hydrogen (secondary N) is 1. The number of sulfonamides is 1. The summed E-state index contributed by atoms with van der Waals surface area (Å²) in [6.07, 6.45) is 1.93. The lowest BCUT2D eigenvalue weighted by Gasteiger charge is -2.30. The summed E-state index contributed by atoms with van der Waals surface area (Å²) in [5.41, 5.74) is 2.77. The SMILES string of the molecule is CCc1nc(-c2csc(S(=O)(=O)N3CCCC(C(=O)NCc4cccc(C)c4)C3)c2)no1. The van der Waals surface area contributed by atoms with Gasteiger partial charge in [0.05, 0.1) is 5.92 Å². The number of benzene rings is 1. The molecular weight excluding hydrogens is 448 g/mol. The van der Waals surface area contributed by atoms with Crippen molar-refractivity contribution in [1.29, 1.82) is 0 Å². The molecular formula is C22H26N4O4S2. The minimum atomic E-state index is -3.70. The number of aromatic nitrogens is 2. The second kappa shape index (κ2) is 9.51. The zero-order chi connectivity index (χ0) is 22.7. The second-order valence-corrected chi connectivity index (χ2v) is 11.0. The number of piperidine rings is 1. The minimum Gasteiger partial charge on any atom is -0.352 e. The molecule has 170 valence electrons. The molecule has 10 heteroatoms. The summed E-state index contributed by atoms with van der Waals surface area (Å²) >= 11 is 1.13. The smallest absolute Gasteiger partial charge is 0.252 e. The number of nitrogens with zero attached hydrogens (tertiary/aromatic N) is 3. The zero-order valence-electron chi connectivity index (χ0n) is 18.1. The molecule has 1 saturated heterocycles. The van der Waals surface area contributed by atoms with E-state index in [1.54, 1.807) is 11.4 Å². The van der Waals surface area contributed by atoms with Crippen LogP contribution in [0.3, 0.4) is 0 Å². The van der Waals surface area contributed by atoms with E-state index in [-0.39, 0.29) is 22.6 Å². The van der Waals surface area contributed by atoms with Crippen molar-refractivity contribution in [2.45, 2.75) is 43.9 Å². The first kappa shape index (κ1) is 22.6. The number of hydrogen-bond donors (Lipinski definition) is 1. The van der Waals surface area contributed by atoms with Crippen molar-refractivity contribution in [3.63, 3.8) is 0 Å². The summed E-state index contributed by atoms with van der Waals surface area (Å²) in [5, 5.41) is 8.58. The first-order chi connectivity index (χ1) is 15.4. The third-order valence-corrected chi connectivity index (χ3v) is 8.78. The lowest BCUT2D eigenvalue weighted by molar-refractivity contribution is -0.126. The molecule has 1 aliphatic heterocycles. The number of carbonyl (C=O) groups is 1. The van der Waals surface area contributed by atoms with Crippen LogP contribution in [0.4, 0.5) is 0 Å². The summed E-state index contributed by atoms with van der Waals surface area (Å²) in [5.74, 6) is 0.405. The highest BCUT2D eigenvalue weighted by molar-refractivity contribution is 7.91. The average Bonchev–Trinajstić information content (AvgIpc) is 3.47. The van der Waals surface area contributed by atoms with Crippen LogP contribution in [-0.4, -0.2) is 41.9 Å². The predicted molar refractivity (Wildman–Crippen MR) is 121 cm³/mol. The van der Waals surface area contributed by atoms with Crippen LogP contribution in [0.25, 0.3) is 11.4 Å². The second-order valence-electron chi connectivity index (χ2n) is 7.93. The van der Waals surface area contributed by atoms with Crippen LogP contribution in [0, 0.1) is 12.8 Å². The topological polar surface area (TPSA) is 105 Å². The van der Waals surface area contributed by atoms with Crippen molar-refractivity contribution in [2.24, 2.45) is 5.92 Å². The van der Waals surface area contributed by atoms with Gasteiger partial charge in [-0.05, 0) is 31.4 Å². The van der Waals surface area contributed by atoms with E-state index >= 15 is 0 Å². The fraction of sp³-hybridized carbons (Fsp3) is 0.409. The Balaban J connectivity index is 1.42. The molecule has 0 aliphatic carbocycles. The maximum absolute atomic E-state index is 13.2. The van der Waals surface area contributed by atoms with Gasteiger partial charge in [-0.25, -0.2) is 8.42 Å². The molecule has 1 N–H and O–H groups in total. The summed E-state index contributed by atoms with van der Waals surface area (Å²) in [7, 11) is -3.70. The van der Waals surface area contributed by atoms with Gasteiger partial charge in [0, 0.05) is 37.0 Å². The van der Waals surface area contributed by atoms with Crippen LogP contribution in [0.2, 0.25) is 0 Å². The largest absolute Gasteiger partial charge is 0.352 e. The Bertz CT molecular complexity index is 1200. The fourth-order valence-electron chi connectivity index (χ4n) is 3.74.